The van der Waals surface area contributed by atoms with E-state index in [1.807, 2.05) is 0 Å². The van der Waals surface area contributed by atoms with Gasteiger partial charge in [-0.15, -0.1) is 0 Å². The molecular formula is C19H40. The van der Waals surface area contributed by atoms with E-state index in [0.29, 0.717) is 0 Å². The first-order valence-corrected chi connectivity index (χ1v) is 9.11. The summed E-state index contributed by atoms with van der Waals surface area (Å²) in [6.07, 6.45) is 15.8. The normalized spacial score (nSPS) is 14.8. The lowest BCUT2D eigenvalue weighted by molar-refractivity contribution is 0.279. The summed E-state index contributed by atoms with van der Waals surface area (Å²) in [7, 11) is 0. The molecule has 0 aliphatic rings. The largest absolute Gasteiger partial charge is 0.0654 e. The van der Waals surface area contributed by atoms with Crippen LogP contribution in [0.4, 0.5) is 0 Å². The van der Waals surface area contributed by atoms with Crippen molar-refractivity contribution in [3.63, 3.8) is 0 Å². The van der Waals surface area contributed by atoms with Crippen molar-refractivity contribution in [1.29, 1.82) is 0 Å². The fourth-order valence-electron chi connectivity index (χ4n) is 3.17. The summed E-state index contributed by atoms with van der Waals surface area (Å²) in [6, 6.07) is 0. The van der Waals surface area contributed by atoms with Crippen molar-refractivity contribution in [2.75, 3.05) is 0 Å². The minimum absolute atomic E-state index is 0.885. The minimum atomic E-state index is 0.885. The van der Waals surface area contributed by atoms with E-state index in [2.05, 4.69) is 34.6 Å². The van der Waals surface area contributed by atoms with E-state index >= 15 is 0 Å². The predicted octanol–water partition coefficient (Wildman–Crippen LogP) is 7.23. The van der Waals surface area contributed by atoms with Crippen LogP contribution in [0.3, 0.4) is 0 Å². The van der Waals surface area contributed by atoms with E-state index < -0.39 is 0 Å². The summed E-state index contributed by atoms with van der Waals surface area (Å²) >= 11 is 0. The third-order valence-electron chi connectivity index (χ3n) is 4.58. The summed E-state index contributed by atoms with van der Waals surface area (Å²) < 4.78 is 0. The van der Waals surface area contributed by atoms with E-state index in [-0.39, 0.29) is 0 Å². The molecule has 0 nitrogen and oxygen atoms in total. The van der Waals surface area contributed by atoms with Crippen molar-refractivity contribution in [2.45, 2.75) is 105 Å². The Labute approximate surface area is 123 Å². The maximum absolute atomic E-state index is 2.51. The smallest absolute Gasteiger partial charge is 0.0389 e. The highest BCUT2D eigenvalue weighted by Crippen LogP contribution is 2.28. The van der Waals surface area contributed by atoms with Crippen molar-refractivity contribution in [1.82, 2.24) is 0 Å². The molecule has 19 heavy (non-hydrogen) atoms. The zero-order valence-electron chi connectivity index (χ0n) is 14.5. The lowest BCUT2D eigenvalue weighted by Crippen LogP contribution is -2.12. The highest BCUT2D eigenvalue weighted by atomic mass is 14.2. The topological polar surface area (TPSA) is 0 Å². The number of rotatable bonds is 13. The summed E-state index contributed by atoms with van der Waals surface area (Å²) in [5.41, 5.74) is 0. The first-order chi connectivity index (χ1) is 9.11. The van der Waals surface area contributed by atoms with Crippen LogP contribution in [0.1, 0.15) is 105 Å². The Bertz CT molecular complexity index is 171. The monoisotopic (exact) mass is 268 g/mol. The highest BCUT2D eigenvalue weighted by molar-refractivity contribution is 4.67. The third kappa shape index (κ3) is 11.5. The van der Waals surface area contributed by atoms with Gasteiger partial charge in [0.1, 0.15) is 0 Å². The predicted molar refractivity (Wildman–Crippen MR) is 89.6 cm³/mol. The highest BCUT2D eigenvalue weighted by Gasteiger charge is 2.15. The molecule has 0 radical (unpaired) electrons. The molecule has 0 heterocycles. The van der Waals surface area contributed by atoms with Gasteiger partial charge in [0.05, 0.1) is 0 Å². The van der Waals surface area contributed by atoms with Gasteiger partial charge in [0.15, 0.2) is 0 Å². The van der Waals surface area contributed by atoms with Crippen LogP contribution in [-0.4, -0.2) is 0 Å². The van der Waals surface area contributed by atoms with Crippen molar-refractivity contribution in [2.24, 2.45) is 17.8 Å². The van der Waals surface area contributed by atoms with Crippen LogP contribution >= 0.6 is 0 Å². The Morgan fingerprint density at radius 2 is 1.21 bits per heavy atom. The van der Waals surface area contributed by atoms with Crippen LogP contribution in [0.25, 0.3) is 0 Å². The van der Waals surface area contributed by atoms with E-state index in [4.69, 9.17) is 0 Å². The standard InChI is InChI=1S/C19H40/c1-6-8-9-10-16-19(13-7-2)18(5)15-12-11-14-17(3)4/h17-19H,6-16H2,1-5H3. The lowest BCUT2D eigenvalue weighted by Gasteiger charge is -2.24. The fraction of sp³-hybridized carbons (Fsp3) is 1.00. The molecule has 0 saturated heterocycles. The van der Waals surface area contributed by atoms with Crippen LogP contribution in [0.15, 0.2) is 0 Å². The van der Waals surface area contributed by atoms with Crippen molar-refractivity contribution in [3.8, 4) is 0 Å². The first-order valence-electron chi connectivity index (χ1n) is 9.11. The second-order valence-corrected chi connectivity index (χ2v) is 7.05. The third-order valence-corrected chi connectivity index (χ3v) is 4.58. The van der Waals surface area contributed by atoms with E-state index in [1.165, 1.54) is 70.6 Å². The molecule has 0 amide bonds. The average Bonchev–Trinajstić information content (AvgIpc) is 2.38. The van der Waals surface area contributed by atoms with Crippen LogP contribution in [-0.2, 0) is 0 Å². The van der Waals surface area contributed by atoms with Gasteiger partial charge in [-0.25, -0.2) is 0 Å². The zero-order valence-corrected chi connectivity index (χ0v) is 14.5. The molecule has 0 aliphatic heterocycles. The molecular weight excluding hydrogens is 228 g/mol. The van der Waals surface area contributed by atoms with Gasteiger partial charge in [-0.1, -0.05) is 105 Å². The quantitative estimate of drug-likeness (QED) is 0.309. The van der Waals surface area contributed by atoms with Gasteiger partial charge < -0.3 is 0 Å². The van der Waals surface area contributed by atoms with Crippen LogP contribution < -0.4 is 0 Å². The maximum atomic E-state index is 2.51. The molecule has 0 saturated carbocycles. The van der Waals surface area contributed by atoms with Gasteiger partial charge in [-0.05, 0) is 17.8 Å². The van der Waals surface area contributed by atoms with Gasteiger partial charge >= 0.3 is 0 Å². The van der Waals surface area contributed by atoms with Gasteiger partial charge in [-0.2, -0.15) is 0 Å². The summed E-state index contributed by atoms with van der Waals surface area (Å²) in [5.74, 6) is 2.84. The van der Waals surface area contributed by atoms with Gasteiger partial charge in [0.2, 0.25) is 0 Å². The Balaban J connectivity index is 3.79. The lowest BCUT2D eigenvalue weighted by atomic mass is 9.82. The molecule has 0 fully saturated rings. The Kier molecular flexibility index (Phi) is 13.0. The van der Waals surface area contributed by atoms with Crippen molar-refractivity contribution in [3.05, 3.63) is 0 Å². The number of unbranched alkanes of at least 4 members (excludes halogenated alkanes) is 4. The molecule has 2 unspecified atom stereocenters. The first kappa shape index (κ1) is 19.0. The van der Waals surface area contributed by atoms with Crippen LogP contribution in [0.2, 0.25) is 0 Å². The molecule has 0 rings (SSSR count). The fourth-order valence-corrected chi connectivity index (χ4v) is 3.17. The second-order valence-electron chi connectivity index (χ2n) is 7.05. The van der Waals surface area contributed by atoms with Crippen molar-refractivity contribution >= 4 is 0 Å². The Morgan fingerprint density at radius 3 is 1.79 bits per heavy atom. The Morgan fingerprint density at radius 1 is 0.579 bits per heavy atom. The molecule has 0 bridgehead atoms. The zero-order chi connectivity index (χ0) is 14.5. The van der Waals surface area contributed by atoms with E-state index in [1.54, 1.807) is 0 Å². The minimum Gasteiger partial charge on any atom is -0.0654 e. The number of hydrogen-bond donors (Lipinski definition) is 0. The van der Waals surface area contributed by atoms with Gasteiger partial charge in [0, 0.05) is 0 Å². The molecule has 2 atom stereocenters. The molecule has 0 aliphatic carbocycles. The maximum Gasteiger partial charge on any atom is -0.0389 e. The molecule has 0 spiro atoms. The summed E-state index contributed by atoms with van der Waals surface area (Å²) in [5, 5.41) is 0. The molecule has 0 heteroatoms. The van der Waals surface area contributed by atoms with E-state index in [0.717, 1.165) is 17.8 Å². The summed E-state index contributed by atoms with van der Waals surface area (Å²) in [6.45, 7) is 11.9. The molecule has 0 aromatic heterocycles. The number of hydrogen-bond acceptors (Lipinski definition) is 0. The Hall–Kier alpha value is 0. The second kappa shape index (κ2) is 13.0. The van der Waals surface area contributed by atoms with E-state index in [9.17, 15) is 0 Å². The van der Waals surface area contributed by atoms with Gasteiger partial charge in [0.25, 0.3) is 0 Å². The molecule has 0 aromatic carbocycles. The van der Waals surface area contributed by atoms with Gasteiger partial charge in [-0.3, -0.25) is 0 Å². The summed E-state index contributed by atoms with van der Waals surface area (Å²) in [4.78, 5) is 0. The SMILES string of the molecule is CCCCCCC(CCC)C(C)CCCCC(C)C. The molecule has 0 N–H and O–H groups in total. The molecule has 0 aromatic rings. The average molecular weight is 269 g/mol. The van der Waals surface area contributed by atoms with Crippen LogP contribution in [0, 0.1) is 17.8 Å². The van der Waals surface area contributed by atoms with Crippen LogP contribution in [0.5, 0.6) is 0 Å². The van der Waals surface area contributed by atoms with Crippen molar-refractivity contribution < 1.29 is 0 Å². The molecule has 116 valence electrons.